The third-order valence-electron chi connectivity index (χ3n) is 3.66. The van der Waals surface area contributed by atoms with Crippen molar-refractivity contribution >= 4 is 11.9 Å². The van der Waals surface area contributed by atoms with Crippen LogP contribution in [0.3, 0.4) is 0 Å². The molecule has 0 aromatic heterocycles. The Morgan fingerprint density at radius 1 is 0.952 bits per heavy atom. The van der Waals surface area contributed by atoms with E-state index in [0.29, 0.717) is 5.75 Å². The predicted molar refractivity (Wildman–Crippen MR) is 76.6 cm³/mol. The van der Waals surface area contributed by atoms with Crippen molar-refractivity contribution in [2.75, 3.05) is 14.2 Å². The molecule has 0 aliphatic heterocycles. The highest BCUT2D eigenvalue weighted by Gasteiger charge is 2.21. The fourth-order valence-corrected chi connectivity index (χ4v) is 2.54. The summed E-state index contributed by atoms with van der Waals surface area (Å²) in [6.07, 6.45) is 5.78. The molecule has 0 radical (unpaired) electrons. The minimum absolute atomic E-state index is 0.164. The summed E-state index contributed by atoms with van der Waals surface area (Å²) in [5, 5.41) is 0. The van der Waals surface area contributed by atoms with Crippen molar-refractivity contribution in [3.8, 4) is 5.75 Å². The monoisotopic (exact) mass is 292 g/mol. The molecule has 0 heterocycles. The minimum Gasteiger partial charge on any atom is -0.490 e. The van der Waals surface area contributed by atoms with E-state index in [0.717, 1.165) is 25.7 Å². The van der Waals surface area contributed by atoms with Gasteiger partial charge in [0.25, 0.3) is 0 Å². The lowest BCUT2D eigenvalue weighted by Gasteiger charge is -2.23. The van der Waals surface area contributed by atoms with Gasteiger partial charge in [0.15, 0.2) is 0 Å². The lowest BCUT2D eigenvalue weighted by molar-refractivity contribution is 0.0554. The topological polar surface area (TPSA) is 61.8 Å². The van der Waals surface area contributed by atoms with Crippen molar-refractivity contribution in [2.24, 2.45) is 0 Å². The maximum atomic E-state index is 11.8. The first-order chi connectivity index (χ1) is 10.2. The molecule has 0 saturated heterocycles. The lowest BCUT2D eigenvalue weighted by atomic mass is 9.97. The molecule has 0 amide bonds. The minimum atomic E-state index is -0.579. The van der Waals surface area contributed by atoms with Gasteiger partial charge in [0.2, 0.25) is 0 Å². The third kappa shape index (κ3) is 3.74. The maximum Gasteiger partial charge on any atom is 0.338 e. The van der Waals surface area contributed by atoms with Gasteiger partial charge in [0.05, 0.1) is 31.5 Å². The Balaban J connectivity index is 2.23. The summed E-state index contributed by atoms with van der Waals surface area (Å²) >= 11 is 0. The largest absolute Gasteiger partial charge is 0.490 e. The smallest absolute Gasteiger partial charge is 0.338 e. The zero-order valence-corrected chi connectivity index (χ0v) is 12.4. The Labute approximate surface area is 124 Å². The number of ether oxygens (including phenoxy) is 3. The van der Waals surface area contributed by atoms with E-state index in [2.05, 4.69) is 4.74 Å². The highest BCUT2D eigenvalue weighted by atomic mass is 16.5. The van der Waals surface area contributed by atoms with Crippen LogP contribution in [0.4, 0.5) is 0 Å². The van der Waals surface area contributed by atoms with E-state index in [-0.39, 0.29) is 17.2 Å². The molecule has 5 heteroatoms. The van der Waals surface area contributed by atoms with Gasteiger partial charge in [-0.2, -0.15) is 0 Å². The van der Waals surface area contributed by atoms with Crippen molar-refractivity contribution in [2.45, 2.75) is 38.2 Å². The van der Waals surface area contributed by atoms with Crippen molar-refractivity contribution < 1.29 is 23.8 Å². The van der Waals surface area contributed by atoms with Gasteiger partial charge in [-0.05, 0) is 43.9 Å². The van der Waals surface area contributed by atoms with Crippen molar-refractivity contribution in [1.29, 1.82) is 0 Å². The van der Waals surface area contributed by atoms with Crippen molar-refractivity contribution in [3.63, 3.8) is 0 Å². The average molecular weight is 292 g/mol. The van der Waals surface area contributed by atoms with Gasteiger partial charge in [-0.1, -0.05) is 6.42 Å². The van der Waals surface area contributed by atoms with Gasteiger partial charge in [-0.3, -0.25) is 0 Å². The molecule has 1 aliphatic rings. The second kappa shape index (κ2) is 7.11. The number of hydrogen-bond acceptors (Lipinski definition) is 5. The van der Waals surface area contributed by atoms with E-state index in [1.54, 1.807) is 12.1 Å². The van der Waals surface area contributed by atoms with Crippen LogP contribution >= 0.6 is 0 Å². The molecule has 21 heavy (non-hydrogen) atoms. The first kappa shape index (κ1) is 15.4. The van der Waals surface area contributed by atoms with E-state index in [4.69, 9.17) is 9.47 Å². The molecular weight excluding hydrogens is 272 g/mol. The molecule has 1 aromatic rings. The summed E-state index contributed by atoms with van der Waals surface area (Å²) in [7, 11) is 2.55. The van der Waals surface area contributed by atoms with E-state index < -0.39 is 11.9 Å². The summed E-state index contributed by atoms with van der Waals surface area (Å²) in [4.78, 5) is 23.5. The van der Waals surface area contributed by atoms with Crippen LogP contribution in [0, 0.1) is 0 Å². The quantitative estimate of drug-likeness (QED) is 0.798. The van der Waals surface area contributed by atoms with Gasteiger partial charge < -0.3 is 14.2 Å². The van der Waals surface area contributed by atoms with Crippen LogP contribution in [0.5, 0.6) is 5.75 Å². The summed E-state index contributed by atoms with van der Waals surface area (Å²) in [5.41, 5.74) is 0.345. The Bertz CT molecular complexity index is 517. The van der Waals surface area contributed by atoms with Crippen LogP contribution in [0.1, 0.15) is 52.8 Å². The van der Waals surface area contributed by atoms with E-state index >= 15 is 0 Å². The van der Waals surface area contributed by atoms with E-state index in [9.17, 15) is 9.59 Å². The molecule has 1 fully saturated rings. The molecule has 1 aromatic carbocycles. The molecule has 1 aliphatic carbocycles. The zero-order chi connectivity index (χ0) is 15.2. The number of rotatable bonds is 4. The fraction of sp³-hybridized carbons (Fsp3) is 0.500. The first-order valence-electron chi connectivity index (χ1n) is 7.13. The molecule has 5 nitrogen and oxygen atoms in total. The second-order valence-electron chi connectivity index (χ2n) is 5.07. The Morgan fingerprint density at radius 2 is 1.57 bits per heavy atom. The standard InChI is InChI=1S/C16H20O5/c1-19-15(17)13-9-8-12(10-14(13)16(18)20-2)21-11-6-4-3-5-7-11/h8-11H,3-7H2,1-2H3. The summed E-state index contributed by atoms with van der Waals surface area (Å²) in [5.74, 6) is -0.570. The highest BCUT2D eigenvalue weighted by Crippen LogP contribution is 2.25. The van der Waals surface area contributed by atoms with Crippen LogP contribution in [0.2, 0.25) is 0 Å². The number of carbonyl (C=O) groups is 2. The molecule has 0 unspecified atom stereocenters. The predicted octanol–water partition coefficient (Wildman–Crippen LogP) is 2.97. The highest BCUT2D eigenvalue weighted by molar-refractivity contribution is 6.03. The van der Waals surface area contributed by atoms with Crippen LogP contribution in [-0.4, -0.2) is 32.3 Å². The van der Waals surface area contributed by atoms with Crippen LogP contribution in [-0.2, 0) is 9.47 Å². The number of carbonyl (C=O) groups excluding carboxylic acids is 2. The van der Waals surface area contributed by atoms with Crippen molar-refractivity contribution in [1.82, 2.24) is 0 Å². The number of hydrogen-bond donors (Lipinski definition) is 0. The molecular formula is C16H20O5. The fourth-order valence-electron chi connectivity index (χ4n) is 2.54. The van der Waals surface area contributed by atoms with Crippen molar-refractivity contribution in [3.05, 3.63) is 29.3 Å². The summed E-state index contributed by atoms with van der Waals surface area (Å²) in [6, 6.07) is 4.77. The first-order valence-corrected chi connectivity index (χ1v) is 7.13. The number of methoxy groups -OCH3 is 2. The van der Waals surface area contributed by atoms with Crippen LogP contribution in [0.15, 0.2) is 18.2 Å². The summed E-state index contributed by atoms with van der Waals surface area (Å²) < 4.78 is 15.3. The normalized spacial score (nSPS) is 15.3. The van der Waals surface area contributed by atoms with Gasteiger partial charge in [0, 0.05) is 0 Å². The number of benzene rings is 1. The lowest BCUT2D eigenvalue weighted by Crippen LogP contribution is -2.20. The van der Waals surface area contributed by atoms with Gasteiger partial charge in [-0.15, -0.1) is 0 Å². The third-order valence-corrected chi connectivity index (χ3v) is 3.66. The average Bonchev–Trinajstić information content (AvgIpc) is 2.54. The second-order valence-corrected chi connectivity index (χ2v) is 5.07. The van der Waals surface area contributed by atoms with Gasteiger partial charge in [-0.25, -0.2) is 9.59 Å². The molecule has 0 atom stereocenters. The van der Waals surface area contributed by atoms with Gasteiger partial charge in [0.1, 0.15) is 5.75 Å². The maximum absolute atomic E-state index is 11.8. The SMILES string of the molecule is COC(=O)c1ccc(OC2CCCCC2)cc1C(=O)OC. The van der Waals surface area contributed by atoms with E-state index in [1.807, 2.05) is 0 Å². The summed E-state index contributed by atoms with van der Waals surface area (Å²) in [6.45, 7) is 0. The molecule has 0 N–H and O–H groups in total. The van der Waals surface area contributed by atoms with E-state index in [1.165, 1.54) is 26.7 Å². The molecule has 0 spiro atoms. The molecule has 1 saturated carbocycles. The van der Waals surface area contributed by atoms with Gasteiger partial charge >= 0.3 is 11.9 Å². The van der Waals surface area contributed by atoms with Crippen LogP contribution in [0.25, 0.3) is 0 Å². The molecule has 114 valence electrons. The molecule has 2 rings (SSSR count). The number of esters is 2. The zero-order valence-electron chi connectivity index (χ0n) is 12.4. The Kier molecular flexibility index (Phi) is 5.20. The molecule has 0 bridgehead atoms. The Morgan fingerprint density at radius 3 is 2.19 bits per heavy atom. The Hall–Kier alpha value is -2.04. The van der Waals surface area contributed by atoms with Crippen LogP contribution < -0.4 is 4.74 Å².